The molecular weight excluding hydrogens is 428 g/mol. The highest BCUT2D eigenvalue weighted by Gasteiger charge is 2.24. The van der Waals surface area contributed by atoms with Crippen LogP contribution in [0.3, 0.4) is 0 Å². The summed E-state index contributed by atoms with van der Waals surface area (Å²) in [5, 5.41) is 0.612. The Hall–Kier alpha value is -3.32. The number of hydrogen-bond acceptors (Lipinski definition) is 6. The van der Waals surface area contributed by atoms with Crippen molar-refractivity contribution < 1.29 is 14.3 Å². The van der Waals surface area contributed by atoms with Crippen molar-refractivity contribution >= 4 is 23.3 Å². The second kappa shape index (κ2) is 10.3. The number of benzene rings is 1. The summed E-state index contributed by atoms with van der Waals surface area (Å²) in [6, 6.07) is 12.9. The highest BCUT2D eigenvalue weighted by Crippen LogP contribution is 2.30. The van der Waals surface area contributed by atoms with Crippen molar-refractivity contribution in [1.82, 2.24) is 14.9 Å². The number of hydrogen-bond donors (Lipinski definition) is 0. The Labute approximate surface area is 192 Å². The van der Waals surface area contributed by atoms with Crippen LogP contribution >= 0.6 is 11.6 Å². The van der Waals surface area contributed by atoms with E-state index in [0.717, 1.165) is 11.4 Å². The lowest BCUT2D eigenvalue weighted by Crippen LogP contribution is -2.49. The predicted octanol–water partition coefficient (Wildman–Crippen LogP) is 4.07. The van der Waals surface area contributed by atoms with E-state index in [1.54, 1.807) is 36.8 Å². The number of rotatable bonds is 7. The zero-order valence-electron chi connectivity index (χ0n) is 17.9. The van der Waals surface area contributed by atoms with Gasteiger partial charge in [0, 0.05) is 55.9 Å². The molecule has 3 aromatic rings. The summed E-state index contributed by atoms with van der Waals surface area (Å²) in [7, 11) is 0. The van der Waals surface area contributed by atoms with Crippen LogP contribution in [0.2, 0.25) is 5.02 Å². The van der Waals surface area contributed by atoms with Crippen LogP contribution < -0.4 is 14.4 Å². The highest BCUT2D eigenvalue weighted by atomic mass is 35.5. The van der Waals surface area contributed by atoms with E-state index < -0.39 is 0 Å². The lowest BCUT2D eigenvalue weighted by atomic mass is 10.1. The minimum atomic E-state index is -0.0199. The number of pyridine rings is 2. The molecule has 32 heavy (non-hydrogen) atoms. The van der Waals surface area contributed by atoms with E-state index in [1.807, 2.05) is 36.1 Å². The number of nitrogens with zero attached hydrogens (tertiary/aromatic N) is 4. The van der Waals surface area contributed by atoms with Gasteiger partial charge < -0.3 is 19.3 Å². The summed E-state index contributed by atoms with van der Waals surface area (Å²) >= 11 is 5.92. The van der Waals surface area contributed by atoms with Gasteiger partial charge in [-0.05, 0) is 43.3 Å². The van der Waals surface area contributed by atoms with Crippen molar-refractivity contribution in [1.29, 1.82) is 0 Å². The van der Waals surface area contributed by atoms with Gasteiger partial charge in [0.15, 0.2) is 11.5 Å². The number of piperazine rings is 1. The zero-order chi connectivity index (χ0) is 22.3. The fraction of sp³-hybridized carbons (Fsp3) is 0.292. The fourth-order valence-electron chi connectivity index (χ4n) is 3.55. The molecule has 0 spiro atoms. The molecule has 7 nitrogen and oxygen atoms in total. The van der Waals surface area contributed by atoms with Crippen LogP contribution in [0.5, 0.6) is 11.5 Å². The second-order valence-electron chi connectivity index (χ2n) is 7.36. The van der Waals surface area contributed by atoms with E-state index in [4.69, 9.17) is 21.1 Å². The first-order valence-electron chi connectivity index (χ1n) is 10.6. The van der Waals surface area contributed by atoms with Gasteiger partial charge >= 0.3 is 0 Å². The minimum Gasteiger partial charge on any atom is -0.490 e. The topological polar surface area (TPSA) is 67.8 Å². The maximum atomic E-state index is 13.1. The Morgan fingerprint density at radius 3 is 2.56 bits per heavy atom. The molecule has 0 aliphatic carbocycles. The lowest BCUT2D eigenvalue weighted by Gasteiger charge is -2.35. The van der Waals surface area contributed by atoms with Gasteiger partial charge in [0.2, 0.25) is 0 Å². The van der Waals surface area contributed by atoms with Gasteiger partial charge in [-0.15, -0.1) is 0 Å². The molecule has 0 radical (unpaired) electrons. The lowest BCUT2D eigenvalue weighted by molar-refractivity contribution is 0.0746. The van der Waals surface area contributed by atoms with Crippen LogP contribution in [0.4, 0.5) is 5.82 Å². The van der Waals surface area contributed by atoms with Gasteiger partial charge in [0.05, 0.1) is 11.6 Å². The Morgan fingerprint density at radius 1 is 1.03 bits per heavy atom. The van der Waals surface area contributed by atoms with Gasteiger partial charge in [-0.3, -0.25) is 9.78 Å². The van der Waals surface area contributed by atoms with E-state index in [-0.39, 0.29) is 5.91 Å². The Morgan fingerprint density at radius 2 is 1.88 bits per heavy atom. The van der Waals surface area contributed by atoms with Crippen LogP contribution in [0.15, 0.2) is 61.1 Å². The molecule has 1 aromatic carbocycles. The molecule has 0 saturated carbocycles. The zero-order valence-corrected chi connectivity index (χ0v) is 18.7. The first-order chi connectivity index (χ1) is 15.6. The summed E-state index contributed by atoms with van der Waals surface area (Å²) in [4.78, 5) is 25.6. The summed E-state index contributed by atoms with van der Waals surface area (Å²) in [6.07, 6.45) is 5.13. The first-order valence-corrected chi connectivity index (χ1v) is 11.0. The van der Waals surface area contributed by atoms with Gasteiger partial charge in [0.25, 0.3) is 5.91 Å². The number of aromatic nitrogens is 2. The molecule has 0 N–H and O–H groups in total. The van der Waals surface area contributed by atoms with Gasteiger partial charge in [-0.1, -0.05) is 17.7 Å². The average Bonchev–Trinajstić information content (AvgIpc) is 2.84. The summed E-state index contributed by atoms with van der Waals surface area (Å²) < 4.78 is 11.7. The maximum Gasteiger partial charge on any atom is 0.254 e. The van der Waals surface area contributed by atoms with E-state index >= 15 is 0 Å². The van der Waals surface area contributed by atoms with Crippen molar-refractivity contribution in [2.45, 2.75) is 13.5 Å². The van der Waals surface area contributed by atoms with E-state index in [0.29, 0.717) is 61.5 Å². The molecule has 0 bridgehead atoms. The van der Waals surface area contributed by atoms with Gasteiger partial charge in [-0.25, -0.2) is 4.98 Å². The normalized spacial score (nSPS) is 13.7. The van der Waals surface area contributed by atoms with E-state index in [2.05, 4.69) is 14.9 Å². The average molecular weight is 453 g/mol. The molecule has 1 aliphatic rings. The van der Waals surface area contributed by atoms with Crippen molar-refractivity contribution in [3.8, 4) is 11.5 Å². The Kier molecular flexibility index (Phi) is 7.07. The third-order valence-corrected chi connectivity index (χ3v) is 5.43. The standard InChI is InChI=1S/C24H25ClN4O3/c1-2-31-22-14-19(5-7-21(22)32-17-18-4-3-9-26-15-18)24(30)29-12-10-28(11-13-29)23-8-6-20(25)16-27-23/h3-9,14-16H,2,10-13,17H2,1H3. The third kappa shape index (κ3) is 5.29. The Bertz CT molecular complexity index is 1040. The molecule has 0 atom stereocenters. The molecular formula is C24H25ClN4O3. The number of carbonyl (C=O) groups is 1. The quantitative estimate of drug-likeness (QED) is 0.538. The highest BCUT2D eigenvalue weighted by molar-refractivity contribution is 6.30. The van der Waals surface area contributed by atoms with Gasteiger partial charge in [0.1, 0.15) is 12.4 Å². The third-order valence-electron chi connectivity index (χ3n) is 5.21. The Balaban J connectivity index is 1.40. The molecule has 2 aromatic heterocycles. The molecule has 1 aliphatic heterocycles. The minimum absolute atomic E-state index is 0.0199. The first kappa shape index (κ1) is 21.9. The molecule has 1 fully saturated rings. The largest absolute Gasteiger partial charge is 0.490 e. The van der Waals surface area contributed by atoms with Crippen molar-refractivity contribution in [3.05, 3.63) is 77.2 Å². The fourth-order valence-corrected chi connectivity index (χ4v) is 3.66. The SMILES string of the molecule is CCOc1cc(C(=O)N2CCN(c3ccc(Cl)cn3)CC2)ccc1OCc1cccnc1. The number of amides is 1. The number of carbonyl (C=O) groups excluding carboxylic acids is 1. The van der Waals surface area contributed by atoms with Crippen LogP contribution in [0.25, 0.3) is 0 Å². The summed E-state index contributed by atoms with van der Waals surface area (Å²) in [6.45, 7) is 5.42. The molecule has 0 unspecified atom stereocenters. The summed E-state index contributed by atoms with van der Waals surface area (Å²) in [5.41, 5.74) is 1.54. The number of halogens is 1. The van der Waals surface area contributed by atoms with E-state index in [1.165, 1.54) is 0 Å². The molecule has 4 rings (SSSR count). The van der Waals surface area contributed by atoms with Crippen molar-refractivity contribution in [3.63, 3.8) is 0 Å². The predicted molar refractivity (Wildman–Crippen MR) is 124 cm³/mol. The monoisotopic (exact) mass is 452 g/mol. The van der Waals surface area contributed by atoms with Crippen LogP contribution in [-0.2, 0) is 6.61 Å². The number of ether oxygens (including phenoxy) is 2. The molecule has 1 saturated heterocycles. The molecule has 8 heteroatoms. The molecule has 1 amide bonds. The van der Waals surface area contributed by atoms with Crippen molar-refractivity contribution in [2.75, 3.05) is 37.7 Å². The van der Waals surface area contributed by atoms with Crippen LogP contribution in [0.1, 0.15) is 22.8 Å². The van der Waals surface area contributed by atoms with Gasteiger partial charge in [-0.2, -0.15) is 0 Å². The number of anilines is 1. The van der Waals surface area contributed by atoms with E-state index in [9.17, 15) is 4.79 Å². The summed E-state index contributed by atoms with van der Waals surface area (Å²) in [5.74, 6) is 2.01. The van der Waals surface area contributed by atoms with Crippen molar-refractivity contribution in [2.24, 2.45) is 0 Å². The molecule has 166 valence electrons. The smallest absolute Gasteiger partial charge is 0.254 e. The second-order valence-corrected chi connectivity index (χ2v) is 7.79. The maximum absolute atomic E-state index is 13.1. The van der Waals surface area contributed by atoms with Crippen LogP contribution in [-0.4, -0.2) is 53.6 Å². The molecule has 3 heterocycles. The van der Waals surface area contributed by atoms with Crippen LogP contribution in [0, 0.1) is 0 Å².